The summed E-state index contributed by atoms with van der Waals surface area (Å²) in [4.78, 5) is 13.3. The first-order valence-corrected chi connectivity index (χ1v) is 10.4. The van der Waals surface area contributed by atoms with Gasteiger partial charge in [0.25, 0.3) is 5.91 Å². The predicted molar refractivity (Wildman–Crippen MR) is 125 cm³/mol. The quantitative estimate of drug-likeness (QED) is 0.192. The van der Waals surface area contributed by atoms with Gasteiger partial charge in [-0.25, -0.2) is 5.43 Å². The minimum Gasteiger partial charge on any atom is -0.479 e. The molecule has 0 saturated heterocycles. The van der Waals surface area contributed by atoms with Gasteiger partial charge in [-0.15, -0.1) is 16.6 Å². The van der Waals surface area contributed by atoms with E-state index in [0.29, 0.717) is 17.1 Å². The number of carbonyl (C=O) groups is 1. The van der Waals surface area contributed by atoms with E-state index in [0.717, 1.165) is 12.7 Å². The van der Waals surface area contributed by atoms with Crippen LogP contribution in [0.25, 0.3) is 11.4 Å². The van der Waals surface area contributed by atoms with Gasteiger partial charge < -0.3 is 4.74 Å². The molecule has 3 rings (SSSR count). The largest absolute Gasteiger partial charge is 0.479 e. The van der Waals surface area contributed by atoms with E-state index >= 15 is 0 Å². The fourth-order valence-corrected chi connectivity index (χ4v) is 4.34. The summed E-state index contributed by atoms with van der Waals surface area (Å²) in [6, 6.07) is 13.2. The van der Waals surface area contributed by atoms with Crippen LogP contribution in [0, 0.1) is 19.5 Å². The van der Waals surface area contributed by atoms with Crippen molar-refractivity contribution in [3.05, 3.63) is 55.2 Å². The van der Waals surface area contributed by atoms with Crippen LogP contribution in [-0.4, -0.2) is 38.9 Å². The molecule has 3 aromatic rings. The maximum atomic E-state index is 12.1. The molecule has 0 bridgehead atoms. The standard InChI is InChI=1S/C19H14I2N6O2/c1-2-8-29-18-14(9-15(20)10-16(18)21)11-22-23-17(28)12-27-25-19(24-26-27)13-6-4-3-5-7-13/h1,3-7,9-11H,8,12H2,(H,23,28)/b22-11-. The lowest BCUT2D eigenvalue weighted by Crippen LogP contribution is -2.24. The Balaban J connectivity index is 1.63. The molecule has 146 valence electrons. The highest BCUT2D eigenvalue weighted by Gasteiger charge is 2.10. The molecule has 2 aromatic carbocycles. The number of ether oxygens (including phenoxy) is 1. The third-order valence-corrected chi connectivity index (χ3v) is 4.92. The molecular weight excluding hydrogens is 598 g/mol. The second-order valence-corrected chi connectivity index (χ2v) is 8.01. The SMILES string of the molecule is C#CCOc1c(I)cc(I)cc1/C=N\NC(=O)Cn1nnc(-c2ccccc2)n1. The van der Waals surface area contributed by atoms with Crippen molar-refractivity contribution in [2.45, 2.75) is 6.54 Å². The van der Waals surface area contributed by atoms with Crippen molar-refractivity contribution in [1.82, 2.24) is 25.6 Å². The molecule has 1 heterocycles. The molecule has 0 radical (unpaired) electrons. The van der Waals surface area contributed by atoms with Crippen LogP contribution in [0.15, 0.2) is 47.6 Å². The molecule has 0 aliphatic rings. The van der Waals surface area contributed by atoms with E-state index in [9.17, 15) is 4.79 Å². The number of halogens is 2. The van der Waals surface area contributed by atoms with Crippen LogP contribution in [0.1, 0.15) is 5.56 Å². The van der Waals surface area contributed by atoms with Crippen LogP contribution in [0.5, 0.6) is 5.75 Å². The zero-order valence-corrected chi connectivity index (χ0v) is 19.2. The number of hydrazone groups is 1. The predicted octanol–water partition coefficient (Wildman–Crippen LogP) is 2.71. The molecule has 1 aromatic heterocycles. The third-order valence-electron chi connectivity index (χ3n) is 3.50. The zero-order valence-electron chi connectivity index (χ0n) is 14.9. The summed E-state index contributed by atoms with van der Waals surface area (Å²) in [5.74, 6) is 3.12. The van der Waals surface area contributed by atoms with Gasteiger partial charge in [0.1, 0.15) is 18.9 Å². The third kappa shape index (κ3) is 5.97. The van der Waals surface area contributed by atoms with Gasteiger partial charge in [-0.3, -0.25) is 4.79 Å². The minimum absolute atomic E-state index is 0.110. The summed E-state index contributed by atoms with van der Waals surface area (Å²) in [5.41, 5.74) is 3.99. The van der Waals surface area contributed by atoms with Crippen molar-refractivity contribution >= 4 is 57.3 Å². The molecule has 0 unspecified atom stereocenters. The van der Waals surface area contributed by atoms with Gasteiger partial charge in [-0.2, -0.15) is 9.90 Å². The van der Waals surface area contributed by atoms with Crippen molar-refractivity contribution in [3.8, 4) is 29.5 Å². The molecule has 0 fully saturated rings. The average Bonchev–Trinajstić information content (AvgIpc) is 3.16. The number of terminal acetylenes is 1. The van der Waals surface area contributed by atoms with E-state index in [4.69, 9.17) is 11.2 Å². The molecule has 1 amide bonds. The molecule has 1 N–H and O–H groups in total. The first kappa shape index (κ1) is 21.2. The van der Waals surface area contributed by atoms with Gasteiger partial charge in [0, 0.05) is 14.7 Å². The minimum atomic E-state index is -0.385. The summed E-state index contributed by atoms with van der Waals surface area (Å²) < 4.78 is 7.49. The van der Waals surface area contributed by atoms with E-state index in [1.807, 2.05) is 42.5 Å². The Hall–Kier alpha value is -2.53. The number of aromatic nitrogens is 4. The fourth-order valence-electron chi connectivity index (χ4n) is 2.29. The lowest BCUT2D eigenvalue weighted by Gasteiger charge is -2.09. The number of carbonyl (C=O) groups excluding carboxylic acids is 1. The lowest BCUT2D eigenvalue weighted by molar-refractivity contribution is -0.122. The molecule has 0 atom stereocenters. The summed E-state index contributed by atoms with van der Waals surface area (Å²) in [5, 5.41) is 16.0. The fraction of sp³-hybridized carbons (Fsp3) is 0.105. The molecule has 10 heteroatoms. The van der Waals surface area contributed by atoms with Gasteiger partial charge in [-0.05, 0) is 62.5 Å². The van der Waals surface area contributed by atoms with E-state index in [1.54, 1.807) is 0 Å². The lowest BCUT2D eigenvalue weighted by atomic mass is 10.2. The number of tetrazole rings is 1. The Kier molecular flexibility index (Phi) is 7.53. The highest BCUT2D eigenvalue weighted by Crippen LogP contribution is 2.27. The Morgan fingerprint density at radius 1 is 1.31 bits per heavy atom. The van der Waals surface area contributed by atoms with Crippen LogP contribution in [0.4, 0.5) is 0 Å². The number of benzene rings is 2. The van der Waals surface area contributed by atoms with Crippen LogP contribution in [0.2, 0.25) is 0 Å². The normalized spacial score (nSPS) is 10.7. The van der Waals surface area contributed by atoms with Crippen molar-refractivity contribution in [1.29, 1.82) is 0 Å². The molecule has 0 aliphatic heterocycles. The van der Waals surface area contributed by atoms with Crippen molar-refractivity contribution in [3.63, 3.8) is 0 Å². The Morgan fingerprint density at radius 3 is 2.86 bits per heavy atom. The van der Waals surface area contributed by atoms with Crippen molar-refractivity contribution in [2.75, 3.05) is 6.61 Å². The van der Waals surface area contributed by atoms with E-state index in [2.05, 4.69) is 77.0 Å². The molecular formula is C19H14I2N6O2. The van der Waals surface area contributed by atoms with Gasteiger partial charge in [-0.1, -0.05) is 36.3 Å². The highest BCUT2D eigenvalue weighted by molar-refractivity contribution is 14.1. The number of nitrogens with one attached hydrogen (secondary N) is 1. The maximum absolute atomic E-state index is 12.1. The monoisotopic (exact) mass is 612 g/mol. The molecule has 0 saturated carbocycles. The number of hydrogen-bond acceptors (Lipinski definition) is 6. The van der Waals surface area contributed by atoms with E-state index in [1.165, 1.54) is 11.0 Å². The van der Waals surface area contributed by atoms with Crippen LogP contribution < -0.4 is 10.2 Å². The second-order valence-electron chi connectivity index (χ2n) is 5.60. The van der Waals surface area contributed by atoms with E-state index in [-0.39, 0.29) is 19.1 Å². The first-order chi connectivity index (χ1) is 14.1. The van der Waals surface area contributed by atoms with Crippen LogP contribution in [-0.2, 0) is 11.3 Å². The van der Waals surface area contributed by atoms with Gasteiger partial charge in [0.05, 0.1) is 9.78 Å². The van der Waals surface area contributed by atoms with Crippen LogP contribution in [0.3, 0.4) is 0 Å². The summed E-state index contributed by atoms with van der Waals surface area (Å²) >= 11 is 4.36. The Labute approximate surface area is 194 Å². The molecule has 0 spiro atoms. The average molecular weight is 612 g/mol. The Morgan fingerprint density at radius 2 is 2.10 bits per heavy atom. The number of hydrogen-bond donors (Lipinski definition) is 1. The smallest absolute Gasteiger partial charge is 0.263 e. The molecule has 0 aliphatic carbocycles. The first-order valence-electron chi connectivity index (χ1n) is 8.27. The van der Waals surface area contributed by atoms with E-state index < -0.39 is 0 Å². The summed E-state index contributed by atoms with van der Waals surface area (Å²) in [6.45, 7) is 0.0347. The van der Waals surface area contributed by atoms with Crippen molar-refractivity contribution < 1.29 is 9.53 Å². The zero-order chi connectivity index (χ0) is 20.6. The van der Waals surface area contributed by atoms with Crippen LogP contribution >= 0.6 is 45.2 Å². The van der Waals surface area contributed by atoms with Gasteiger partial charge in [0.2, 0.25) is 5.82 Å². The maximum Gasteiger partial charge on any atom is 0.263 e. The summed E-state index contributed by atoms with van der Waals surface area (Å²) in [7, 11) is 0. The number of rotatable bonds is 7. The molecule has 8 nitrogen and oxygen atoms in total. The molecule has 29 heavy (non-hydrogen) atoms. The van der Waals surface area contributed by atoms with Gasteiger partial charge in [0.15, 0.2) is 0 Å². The highest BCUT2D eigenvalue weighted by atomic mass is 127. The second kappa shape index (κ2) is 10.3. The number of nitrogens with zero attached hydrogens (tertiary/aromatic N) is 5. The summed E-state index contributed by atoms with van der Waals surface area (Å²) in [6.07, 6.45) is 6.78. The number of amides is 1. The van der Waals surface area contributed by atoms with Crippen molar-refractivity contribution in [2.24, 2.45) is 5.10 Å². The topological polar surface area (TPSA) is 94.3 Å². The van der Waals surface area contributed by atoms with Gasteiger partial charge >= 0.3 is 0 Å². The Bertz CT molecular complexity index is 1080.